The summed E-state index contributed by atoms with van der Waals surface area (Å²) in [6.45, 7) is 9.39. The normalized spacial score (nSPS) is 12.6. The third-order valence-electron chi connectivity index (χ3n) is 4.76. The van der Waals surface area contributed by atoms with E-state index in [0.29, 0.717) is 25.7 Å². The number of aliphatic hydroxyl groups excluding tert-OH is 1. The molecule has 1 aromatic heterocycles. The second-order valence-corrected chi connectivity index (χ2v) is 6.99. The van der Waals surface area contributed by atoms with Crippen molar-refractivity contribution in [2.45, 2.75) is 71.4 Å². The number of nitrogens with zero attached hydrogens (tertiary/aromatic N) is 3. The molecule has 2 atom stereocenters. The summed E-state index contributed by atoms with van der Waals surface area (Å²) in [4.78, 5) is 62.1. The summed E-state index contributed by atoms with van der Waals surface area (Å²) >= 11 is 0. The van der Waals surface area contributed by atoms with Crippen molar-refractivity contribution in [1.29, 1.82) is 0 Å². The third kappa shape index (κ3) is 7.19. The molecule has 11 heteroatoms. The minimum Gasteiger partial charge on any atom is -0.457 e. The van der Waals surface area contributed by atoms with Gasteiger partial charge in [0, 0.05) is 25.3 Å². The van der Waals surface area contributed by atoms with Crippen LogP contribution in [0.2, 0.25) is 0 Å². The number of carbonyl (C=O) groups is 2. The zero-order valence-corrected chi connectivity index (χ0v) is 18.5. The Morgan fingerprint density at radius 3 is 1.59 bits per heavy atom. The maximum atomic E-state index is 13.1. The highest BCUT2D eigenvalue weighted by atomic mass is 16.5. The molecule has 0 aliphatic carbocycles. The fourth-order valence-electron chi connectivity index (χ4n) is 2.90. The van der Waals surface area contributed by atoms with Crippen molar-refractivity contribution in [3.05, 3.63) is 56.8 Å². The van der Waals surface area contributed by atoms with Crippen LogP contribution in [0.3, 0.4) is 0 Å². The van der Waals surface area contributed by atoms with Gasteiger partial charge in [-0.25, -0.2) is 37.7 Å². The van der Waals surface area contributed by atoms with Crippen molar-refractivity contribution in [2.24, 2.45) is 0 Å². The summed E-state index contributed by atoms with van der Waals surface area (Å²) < 4.78 is 12.9. The van der Waals surface area contributed by atoms with Gasteiger partial charge in [0.1, 0.15) is 12.2 Å². The molecule has 11 nitrogen and oxygen atoms in total. The van der Waals surface area contributed by atoms with Crippen LogP contribution in [-0.4, -0.2) is 49.6 Å². The molecule has 0 aromatic carbocycles. The van der Waals surface area contributed by atoms with Crippen LogP contribution in [0.25, 0.3) is 0 Å². The van der Waals surface area contributed by atoms with E-state index in [2.05, 4.69) is 13.2 Å². The van der Waals surface area contributed by atoms with Crippen molar-refractivity contribution in [2.75, 3.05) is 6.61 Å². The molecule has 1 heterocycles. The van der Waals surface area contributed by atoms with E-state index in [1.54, 1.807) is 13.8 Å². The van der Waals surface area contributed by atoms with Crippen LogP contribution in [0.15, 0.2) is 39.7 Å². The van der Waals surface area contributed by atoms with Gasteiger partial charge in [0.15, 0.2) is 0 Å². The van der Waals surface area contributed by atoms with Crippen LogP contribution in [0.4, 0.5) is 0 Å². The van der Waals surface area contributed by atoms with E-state index in [-0.39, 0.29) is 26.2 Å². The molecule has 2 unspecified atom stereocenters. The summed E-state index contributed by atoms with van der Waals surface area (Å²) in [6, 6.07) is 0. The Morgan fingerprint density at radius 1 is 0.844 bits per heavy atom. The van der Waals surface area contributed by atoms with Crippen molar-refractivity contribution in [3.8, 4) is 0 Å². The van der Waals surface area contributed by atoms with Crippen molar-refractivity contribution >= 4 is 11.9 Å². The van der Waals surface area contributed by atoms with E-state index < -0.39 is 41.2 Å². The van der Waals surface area contributed by atoms with Crippen LogP contribution in [0.1, 0.15) is 39.5 Å². The first-order valence-electron chi connectivity index (χ1n) is 10.4. The van der Waals surface area contributed by atoms with Crippen LogP contribution >= 0.6 is 0 Å². The number of hydrogen-bond acceptors (Lipinski definition) is 8. The van der Waals surface area contributed by atoms with E-state index >= 15 is 0 Å². The molecule has 0 aliphatic heterocycles. The molecular weight excluding hydrogens is 422 g/mol. The Hall–Kier alpha value is -3.21. The number of aliphatic hydroxyl groups is 1. The average Bonchev–Trinajstić information content (AvgIpc) is 2.79. The summed E-state index contributed by atoms with van der Waals surface area (Å²) in [7, 11) is 0. The summed E-state index contributed by atoms with van der Waals surface area (Å²) in [6.07, 6.45) is 1.64. The lowest BCUT2D eigenvalue weighted by atomic mass is 10.2. The van der Waals surface area contributed by atoms with Crippen LogP contribution < -0.4 is 17.1 Å². The number of unbranched alkanes of at least 4 members (excludes halogenated alkanes) is 1. The molecule has 0 saturated heterocycles. The van der Waals surface area contributed by atoms with E-state index in [9.17, 15) is 24.0 Å². The monoisotopic (exact) mass is 453 g/mol. The predicted molar refractivity (Wildman–Crippen MR) is 116 cm³/mol. The highest BCUT2D eigenvalue weighted by Gasteiger charge is 2.22. The molecule has 0 radical (unpaired) electrons. The predicted octanol–water partition coefficient (Wildman–Crippen LogP) is -0.0402. The quantitative estimate of drug-likeness (QED) is 0.235. The first-order chi connectivity index (χ1) is 15.2. The molecule has 0 bridgehead atoms. The summed E-state index contributed by atoms with van der Waals surface area (Å²) in [5.41, 5.74) is -2.60. The smallest absolute Gasteiger partial charge is 0.336 e. The molecule has 0 saturated carbocycles. The molecule has 178 valence electrons. The highest BCUT2D eigenvalue weighted by molar-refractivity contribution is 5.81. The molecule has 0 aliphatic rings. The van der Waals surface area contributed by atoms with Gasteiger partial charge < -0.3 is 14.6 Å². The SMILES string of the molecule is C=CC(=O)OC(CC)Cn1c(=O)n(CCCCO)c(=O)n(CC(CC)OC(=O)C=C)c1=O. The Labute approximate surface area is 185 Å². The van der Waals surface area contributed by atoms with Crippen molar-refractivity contribution < 1.29 is 24.2 Å². The Bertz CT molecular complexity index is 918. The third-order valence-corrected chi connectivity index (χ3v) is 4.76. The zero-order chi connectivity index (χ0) is 24.3. The van der Waals surface area contributed by atoms with Crippen molar-refractivity contribution in [1.82, 2.24) is 13.7 Å². The zero-order valence-electron chi connectivity index (χ0n) is 18.5. The maximum absolute atomic E-state index is 13.1. The van der Waals surface area contributed by atoms with Gasteiger partial charge in [0.2, 0.25) is 0 Å². The summed E-state index contributed by atoms with van der Waals surface area (Å²) in [5, 5.41) is 9.01. The Morgan fingerprint density at radius 2 is 1.25 bits per heavy atom. The molecule has 0 fully saturated rings. The second-order valence-electron chi connectivity index (χ2n) is 6.99. The van der Waals surface area contributed by atoms with Crippen LogP contribution in [-0.2, 0) is 38.7 Å². The van der Waals surface area contributed by atoms with E-state index in [1.165, 1.54) is 0 Å². The number of esters is 2. The molecule has 32 heavy (non-hydrogen) atoms. The van der Waals surface area contributed by atoms with Gasteiger partial charge in [-0.2, -0.15) is 0 Å². The van der Waals surface area contributed by atoms with Crippen LogP contribution in [0.5, 0.6) is 0 Å². The summed E-state index contributed by atoms with van der Waals surface area (Å²) in [5.74, 6) is -1.41. The van der Waals surface area contributed by atoms with Gasteiger partial charge in [0.25, 0.3) is 0 Å². The van der Waals surface area contributed by atoms with Gasteiger partial charge in [-0.05, 0) is 25.7 Å². The number of rotatable bonds is 14. The molecule has 0 spiro atoms. The largest absolute Gasteiger partial charge is 0.457 e. The second kappa shape index (κ2) is 13.3. The number of aromatic nitrogens is 3. The molecule has 1 N–H and O–H groups in total. The fourth-order valence-corrected chi connectivity index (χ4v) is 2.90. The van der Waals surface area contributed by atoms with Crippen LogP contribution in [0, 0.1) is 0 Å². The lowest BCUT2D eigenvalue weighted by Crippen LogP contribution is -2.56. The number of hydrogen-bond donors (Lipinski definition) is 1. The first kappa shape index (κ1) is 26.8. The number of ether oxygens (including phenoxy) is 2. The maximum Gasteiger partial charge on any atom is 0.336 e. The average molecular weight is 453 g/mol. The lowest BCUT2D eigenvalue weighted by Gasteiger charge is -2.20. The Kier molecular flexibility index (Phi) is 11.1. The minimum absolute atomic E-state index is 0.0228. The topological polar surface area (TPSA) is 139 Å². The number of carbonyl (C=O) groups excluding carboxylic acids is 2. The molecule has 1 aromatic rings. The molecule has 1 rings (SSSR count). The van der Waals surface area contributed by atoms with Crippen molar-refractivity contribution in [3.63, 3.8) is 0 Å². The van der Waals surface area contributed by atoms with Gasteiger partial charge in [-0.1, -0.05) is 27.0 Å². The highest BCUT2D eigenvalue weighted by Crippen LogP contribution is 2.03. The van der Waals surface area contributed by atoms with Gasteiger partial charge in [-0.15, -0.1) is 0 Å². The fraction of sp³-hybridized carbons (Fsp3) is 0.571. The Balaban J connectivity index is 3.51. The van der Waals surface area contributed by atoms with Gasteiger partial charge in [0.05, 0.1) is 13.1 Å². The van der Waals surface area contributed by atoms with Gasteiger partial charge >= 0.3 is 29.0 Å². The van der Waals surface area contributed by atoms with Gasteiger partial charge in [-0.3, -0.25) is 0 Å². The standard InChI is InChI=1S/C21H31N3O8/c1-5-15(31-17(26)7-3)13-23-19(28)22(11-9-10-12-25)20(29)24(21(23)30)14-16(6-2)32-18(27)8-4/h7-8,15-16,25H,3-6,9-14H2,1-2H3. The minimum atomic E-state index is -0.903. The van der Waals surface area contributed by atoms with E-state index in [0.717, 1.165) is 25.9 Å². The molecular formula is C21H31N3O8. The van der Waals surface area contributed by atoms with E-state index in [4.69, 9.17) is 14.6 Å². The molecule has 0 amide bonds. The lowest BCUT2D eigenvalue weighted by molar-refractivity contribution is -0.144. The van der Waals surface area contributed by atoms with E-state index in [1.807, 2.05) is 0 Å². The first-order valence-corrected chi connectivity index (χ1v) is 10.4.